The van der Waals surface area contributed by atoms with Crippen LogP contribution in [-0.2, 0) is 14.8 Å². The summed E-state index contributed by atoms with van der Waals surface area (Å²) in [5, 5.41) is 10.8. The fourth-order valence-electron chi connectivity index (χ4n) is 3.57. The minimum absolute atomic E-state index is 0.000876. The van der Waals surface area contributed by atoms with Crippen LogP contribution in [0.15, 0.2) is 47.4 Å². The average Bonchev–Trinajstić information content (AvgIpc) is 3.11. The van der Waals surface area contributed by atoms with Crippen molar-refractivity contribution in [3.8, 4) is 0 Å². The Labute approximate surface area is 167 Å². The van der Waals surface area contributed by atoms with Crippen molar-refractivity contribution >= 4 is 32.7 Å². The van der Waals surface area contributed by atoms with E-state index in [-0.39, 0.29) is 22.7 Å². The molecule has 4 rings (SSSR count). The predicted molar refractivity (Wildman–Crippen MR) is 105 cm³/mol. The Hall–Kier alpha value is -2.85. The van der Waals surface area contributed by atoms with E-state index in [9.17, 15) is 17.6 Å². The molecule has 0 saturated carbocycles. The summed E-state index contributed by atoms with van der Waals surface area (Å²) >= 11 is 0. The number of carbonyl (C=O) groups excluding carboxylic acids is 1. The number of aromatic nitrogens is 3. The maximum absolute atomic E-state index is 13.3. The van der Waals surface area contributed by atoms with Crippen LogP contribution in [0.4, 0.5) is 10.1 Å². The van der Waals surface area contributed by atoms with E-state index in [0.717, 1.165) is 5.52 Å². The average molecular weight is 417 g/mol. The highest BCUT2D eigenvalue weighted by molar-refractivity contribution is 7.89. The number of nitrogens with one attached hydrogen (secondary N) is 1. The van der Waals surface area contributed by atoms with Crippen molar-refractivity contribution < 1.29 is 17.6 Å². The lowest BCUT2D eigenvalue weighted by molar-refractivity contribution is -0.114. The number of nitrogens with zero attached hydrogens (tertiary/aromatic N) is 4. The van der Waals surface area contributed by atoms with Crippen molar-refractivity contribution in [2.24, 2.45) is 0 Å². The predicted octanol–water partition coefficient (Wildman–Crippen LogP) is 2.55. The minimum Gasteiger partial charge on any atom is -0.326 e. The summed E-state index contributed by atoms with van der Waals surface area (Å²) in [5.41, 5.74) is 1.77. The molecule has 0 spiro atoms. The van der Waals surface area contributed by atoms with Gasteiger partial charge in [0.05, 0.1) is 16.5 Å². The van der Waals surface area contributed by atoms with E-state index in [1.165, 1.54) is 35.5 Å². The van der Waals surface area contributed by atoms with Gasteiger partial charge in [-0.15, -0.1) is 5.10 Å². The molecule has 3 aromatic rings. The van der Waals surface area contributed by atoms with Crippen molar-refractivity contribution in [3.05, 3.63) is 48.3 Å². The molecule has 8 nitrogen and oxygen atoms in total. The Balaban J connectivity index is 1.47. The normalized spacial score (nSPS) is 16.2. The molecule has 1 saturated heterocycles. The van der Waals surface area contributed by atoms with Gasteiger partial charge in [-0.05, 0) is 49.2 Å². The topological polar surface area (TPSA) is 97.2 Å². The highest BCUT2D eigenvalue weighted by atomic mass is 32.2. The van der Waals surface area contributed by atoms with Crippen LogP contribution in [0.25, 0.3) is 11.0 Å². The third-order valence-electron chi connectivity index (χ3n) is 5.01. The van der Waals surface area contributed by atoms with Gasteiger partial charge in [0.2, 0.25) is 15.9 Å². The summed E-state index contributed by atoms with van der Waals surface area (Å²) in [6, 6.07) is 10.5. The number of hydrogen-bond donors (Lipinski definition) is 1. The molecule has 29 heavy (non-hydrogen) atoms. The number of hydrogen-bond acceptors (Lipinski definition) is 5. The number of fused-ring (bicyclic) bond motifs is 1. The Kier molecular flexibility index (Phi) is 5.05. The summed E-state index contributed by atoms with van der Waals surface area (Å²) in [6.07, 6.45) is 1.16. The number of benzene rings is 2. The first-order valence-corrected chi connectivity index (χ1v) is 10.7. The van der Waals surface area contributed by atoms with Crippen LogP contribution in [-0.4, -0.2) is 46.7 Å². The van der Waals surface area contributed by atoms with Gasteiger partial charge in [-0.25, -0.2) is 17.5 Å². The van der Waals surface area contributed by atoms with Gasteiger partial charge < -0.3 is 5.32 Å². The van der Waals surface area contributed by atoms with Gasteiger partial charge in [0.1, 0.15) is 11.3 Å². The zero-order valence-electron chi connectivity index (χ0n) is 15.7. The maximum Gasteiger partial charge on any atom is 0.243 e. The molecule has 1 aromatic heterocycles. The lowest BCUT2D eigenvalue weighted by Gasteiger charge is -2.31. The lowest BCUT2D eigenvalue weighted by atomic mass is 10.1. The SMILES string of the molecule is CC(=O)Nc1ccc(S(=O)(=O)N2CCC(n3nnc4cc(F)ccc43)CC2)cc1. The molecule has 152 valence electrons. The Morgan fingerprint density at radius 1 is 1.14 bits per heavy atom. The van der Waals surface area contributed by atoms with Crippen LogP contribution in [0.5, 0.6) is 0 Å². The van der Waals surface area contributed by atoms with Crippen LogP contribution in [0.1, 0.15) is 25.8 Å². The molecule has 1 aliphatic rings. The van der Waals surface area contributed by atoms with Gasteiger partial charge >= 0.3 is 0 Å². The van der Waals surface area contributed by atoms with Crippen molar-refractivity contribution in [3.63, 3.8) is 0 Å². The minimum atomic E-state index is -3.62. The van der Waals surface area contributed by atoms with Crippen molar-refractivity contribution in [1.29, 1.82) is 0 Å². The van der Waals surface area contributed by atoms with E-state index in [1.807, 2.05) is 0 Å². The van der Waals surface area contributed by atoms with Crippen LogP contribution >= 0.6 is 0 Å². The second kappa shape index (κ2) is 7.53. The lowest BCUT2D eigenvalue weighted by Crippen LogP contribution is -2.39. The van der Waals surface area contributed by atoms with E-state index in [0.29, 0.717) is 37.1 Å². The first-order valence-electron chi connectivity index (χ1n) is 9.23. The third kappa shape index (κ3) is 3.85. The fourth-order valence-corrected chi connectivity index (χ4v) is 5.04. The molecule has 0 unspecified atom stereocenters. The molecule has 2 aromatic carbocycles. The molecule has 0 aliphatic carbocycles. The smallest absolute Gasteiger partial charge is 0.243 e. The molecule has 10 heteroatoms. The van der Waals surface area contributed by atoms with Gasteiger partial charge in [0.15, 0.2) is 0 Å². The number of carbonyl (C=O) groups is 1. The number of amides is 1. The third-order valence-corrected chi connectivity index (χ3v) is 6.93. The van der Waals surface area contributed by atoms with Crippen molar-refractivity contribution in [2.45, 2.75) is 30.7 Å². The monoisotopic (exact) mass is 417 g/mol. The van der Waals surface area contributed by atoms with E-state index in [1.54, 1.807) is 22.9 Å². The number of sulfonamides is 1. The summed E-state index contributed by atoms with van der Waals surface area (Å²) in [7, 11) is -3.62. The van der Waals surface area contributed by atoms with Crippen LogP contribution in [0.2, 0.25) is 0 Å². The number of rotatable bonds is 4. The number of piperidine rings is 1. The Morgan fingerprint density at radius 3 is 2.48 bits per heavy atom. The second-order valence-corrected chi connectivity index (χ2v) is 8.95. The standard InChI is InChI=1S/C19H20FN5O3S/c1-13(26)21-15-3-5-17(6-4-15)29(27,28)24-10-8-16(9-11-24)25-19-7-2-14(20)12-18(19)22-23-25/h2-7,12,16H,8-11H2,1H3,(H,21,26). The summed E-state index contributed by atoms with van der Waals surface area (Å²) in [5.74, 6) is -0.582. The Bertz CT molecular complexity index is 1150. The molecule has 0 radical (unpaired) electrons. The maximum atomic E-state index is 13.3. The molecular formula is C19H20FN5O3S. The van der Waals surface area contributed by atoms with Gasteiger partial charge in [-0.1, -0.05) is 5.21 Å². The molecule has 0 atom stereocenters. The van der Waals surface area contributed by atoms with Crippen molar-refractivity contribution in [1.82, 2.24) is 19.3 Å². The largest absolute Gasteiger partial charge is 0.326 e. The molecule has 1 N–H and O–H groups in total. The molecule has 1 fully saturated rings. The van der Waals surface area contributed by atoms with E-state index >= 15 is 0 Å². The molecule has 0 bridgehead atoms. The summed E-state index contributed by atoms with van der Waals surface area (Å²) < 4.78 is 42.4. The molecule has 1 aliphatic heterocycles. The molecule has 1 amide bonds. The van der Waals surface area contributed by atoms with Crippen LogP contribution in [0.3, 0.4) is 0 Å². The Morgan fingerprint density at radius 2 is 1.83 bits per heavy atom. The van der Waals surface area contributed by atoms with Gasteiger partial charge in [0, 0.05) is 31.8 Å². The van der Waals surface area contributed by atoms with Gasteiger partial charge in [-0.2, -0.15) is 4.31 Å². The van der Waals surface area contributed by atoms with E-state index in [4.69, 9.17) is 0 Å². The molecular weight excluding hydrogens is 397 g/mol. The number of anilines is 1. The quantitative estimate of drug-likeness (QED) is 0.704. The summed E-state index contributed by atoms with van der Waals surface area (Å²) in [4.78, 5) is 11.3. The first-order chi connectivity index (χ1) is 13.8. The van der Waals surface area contributed by atoms with Gasteiger partial charge in [0.25, 0.3) is 0 Å². The van der Waals surface area contributed by atoms with Gasteiger partial charge in [-0.3, -0.25) is 4.79 Å². The van der Waals surface area contributed by atoms with Crippen molar-refractivity contribution in [2.75, 3.05) is 18.4 Å². The highest BCUT2D eigenvalue weighted by Crippen LogP contribution is 2.29. The van der Waals surface area contributed by atoms with E-state index < -0.39 is 10.0 Å². The first kappa shape index (κ1) is 19.5. The fraction of sp³-hybridized carbons (Fsp3) is 0.316. The summed E-state index contributed by atoms with van der Waals surface area (Å²) in [6.45, 7) is 2.09. The van der Waals surface area contributed by atoms with Crippen LogP contribution < -0.4 is 5.32 Å². The molecule has 2 heterocycles. The second-order valence-electron chi connectivity index (χ2n) is 7.01. The van der Waals surface area contributed by atoms with Crippen LogP contribution in [0, 0.1) is 5.82 Å². The zero-order chi connectivity index (χ0) is 20.6. The number of halogens is 1. The van der Waals surface area contributed by atoms with E-state index in [2.05, 4.69) is 15.6 Å². The zero-order valence-corrected chi connectivity index (χ0v) is 16.6. The highest BCUT2D eigenvalue weighted by Gasteiger charge is 2.31.